The first-order chi connectivity index (χ1) is 6.88. The molecule has 1 heterocycles. The van der Waals surface area contributed by atoms with Gasteiger partial charge < -0.3 is 10.6 Å². The first kappa shape index (κ1) is 8.93. The van der Waals surface area contributed by atoms with Gasteiger partial charge in [-0.05, 0) is 36.5 Å². The summed E-state index contributed by atoms with van der Waals surface area (Å²) in [6, 6.07) is 0. The van der Waals surface area contributed by atoms with Gasteiger partial charge in [-0.15, -0.1) is 0 Å². The van der Waals surface area contributed by atoms with E-state index < -0.39 is 0 Å². The lowest BCUT2D eigenvalue weighted by Gasteiger charge is -2.40. The molecule has 14 heavy (non-hydrogen) atoms. The summed E-state index contributed by atoms with van der Waals surface area (Å²) in [5.41, 5.74) is 5.63. The molecule has 4 rings (SSSR count). The number of likely N-dealkylation sites (tertiary alicyclic amines) is 1. The lowest BCUT2D eigenvalue weighted by molar-refractivity contribution is 0.169. The van der Waals surface area contributed by atoms with Gasteiger partial charge in [0.1, 0.15) is 0 Å². The highest BCUT2D eigenvalue weighted by Crippen LogP contribution is 2.48. The van der Waals surface area contributed by atoms with E-state index in [1.54, 1.807) is 0 Å². The smallest absolute Gasteiger partial charge is 0.0105 e. The van der Waals surface area contributed by atoms with Crippen LogP contribution in [0.3, 0.4) is 0 Å². The molecule has 0 aromatic heterocycles. The van der Waals surface area contributed by atoms with E-state index in [0.717, 1.165) is 36.8 Å². The van der Waals surface area contributed by atoms with Gasteiger partial charge in [0.15, 0.2) is 0 Å². The van der Waals surface area contributed by atoms with Crippen molar-refractivity contribution in [3.63, 3.8) is 0 Å². The van der Waals surface area contributed by atoms with E-state index in [2.05, 4.69) is 17.1 Å². The number of hydrogen-bond donors (Lipinski definition) is 1. The summed E-state index contributed by atoms with van der Waals surface area (Å²) in [5, 5.41) is 0. The zero-order valence-electron chi connectivity index (χ0n) is 8.73. The molecular formula is C12H20N2. The maximum atomic E-state index is 5.63. The molecule has 3 aliphatic carbocycles. The highest BCUT2D eigenvalue weighted by molar-refractivity contribution is 5.12. The molecule has 4 aliphatic rings. The summed E-state index contributed by atoms with van der Waals surface area (Å²) in [7, 11) is 0. The van der Waals surface area contributed by atoms with E-state index in [1.807, 2.05) is 0 Å². The van der Waals surface area contributed by atoms with Crippen LogP contribution in [0.5, 0.6) is 0 Å². The minimum atomic E-state index is 0.822. The van der Waals surface area contributed by atoms with Crippen molar-refractivity contribution in [1.29, 1.82) is 0 Å². The van der Waals surface area contributed by atoms with Crippen LogP contribution < -0.4 is 5.73 Å². The van der Waals surface area contributed by atoms with Gasteiger partial charge in [0.05, 0.1) is 0 Å². The van der Waals surface area contributed by atoms with Crippen LogP contribution in [0.1, 0.15) is 12.8 Å². The van der Waals surface area contributed by atoms with E-state index in [0.29, 0.717) is 0 Å². The van der Waals surface area contributed by atoms with Gasteiger partial charge in [0.2, 0.25) is 0 Å². The normalized spacial score (nSPS) is 45.8. The van der Waals surface area contributed by atoms with Crippen LogP contribution in [0.4, 0.5) is 0 Å². The van der Waals surface area contributed by atoms with E-state index in [1.165, 1.54) is 25.9 Å². The fraction of sp³-hybridized carbons (Fsp3) is 0.833. The Hall–Kier alpha value is -0.340. The molecule has 2 fully saturated rings. The number of hydrogen-bond acceptors (Lipinski definition) is 2. The molecular weight excluding hydrogens is 172 g/mol. The Morgan fingerprint density at radius 3 is 2.07 bits per heavy atom. The average molecular weight is 192 g/mol. The lowest BCUT2D eigenvalue weighted by Crippen LogP contribution is -2.35. The van der Waals surface area contributed by atoms with Gasteiger partial charge in [-0.25, -0.2) is 0 Å². The molecule has 78 valence electrons. The van der Waals surface area contributed by atoms with Gasteiger partial charge in [0.25, 0.3) is 0 Å². The Morgan fingerprint density at radius 1 is 1.07 bits per heavy atom. The molecule has 4 atom stereocenters. The zero-order chi connectivity index (χ0) is 9.54. The molecule has 1 aliphatic heterocycles. The third-order valence-corrected chi connectivity index (χ3v) is 4.47. The number of allylic oxidation sites excluding steroid dienone is 2. The maximum absolute atomic E-state index is 5.63. The summed E-state index contributed by atoms with van der Waals surface area (Å²) in [6.45, 7) is 4.55. The minimum absolute atomic E-state index is 0.822. The molecule has 0 aromatic rings. The summed E-state index contributed by atoms with van der Waals surface area (Å²) < 4.78 is 0. The standard InChI is InChI=1S/C12H20N2/c13-5-6-14-7-11-9-1-2-10(4-3-9)12(11)8-14/h1-2,9-12H,3-8,13H2/t9-,10-,11-,12+/m0/s1. The predicted octanol–water partition coefficient (Wildman–Crippen LogP) is 1.09. The zero-order valence-corrected chi connectivity index (χ0v) is 8.73. The van der Waals surface area contributed by atoms with Crippen molar-refractivity contribution < 1.29 is 0 Å². The van der Waals surface area contributed by atoms with Crippen molar-refractivity contribution in [3.05, 3.63) is 12.2 Å². The second-order valence-electron chi connectivity index (χ2n) is 5.17. The van der Waals surface area contributed by atoms with E-state index >= 15 is 0 Å². The minimum Gasteiger partial charge on any atom is -0.329 e. The second kappa shape index (κ2) is 3.35. The van der Waals surface area contributed by atoms with Crippen molar-refractivity contribution in [1.82, 2.24) is 4.90 Å². The average Bonchev–Trinajstić information content (AvgIpc) is 2.65. The van der Waals surface area contributed by atoms with Crippen LogP contribution >= 0.6 is 0 Å². The Morgan fingerprint density at radius 2 is 1.64 bits per heavy atom. The highest BCUT2D eigenvalue weighted by atomic mass is 15.2. The fourth-order valence-electron chi connectivity index (χ4n) is 3.79. The lowest BCUT2D eigenvalue weighted by atomic mass is 9.64. The van der Waals surface area contributed by atoms with Crippen molar-refractivity contribution in [2.24, 2.45) is 29.4 Å². The van der Waals surface area contributed by atoms with Crippen LogP contribution in [0.2, 0.25) is 0 Å². The molecule has 0 amide bonds. The second-order valence-corrected chi connectivity index (χ2v) is 5.17. The van der Waals surface area contributed by atoms with Gasteiger partial charge >= 0.3 is 0 Å². The van der Waals surface area contributed by atoms with Crippen LogP contribution in [-0.4, -0.2) is 31.1 Å². The maximum Gasteiger partial charge on any atom is 0.0105 e. The molecule has 0 unspecified atom stereocenters. The number of rotatable bonds is 2. The molecule has 2 bridgehead atoms. The van der Waals surface area contributed by atoms with Gasteiger partial charge in [-0.1, -0.05) is 12.2 Å². The topological polar surface area (TPSA) is 29.3 Å². The van der Waals surface area contributed by atoms with E-state index in [9.17, 15) is 0 Å². The third kappa shape index (κ3) is 1.24. The molecule has 2 nitrogen and oxygen atoms in total. The molecule has 0 spiro atoms. The van der Waals surface area contributed by atoms with Crippen molar-refractivity contribution >= 4 is 0 Å². The largest absolute Gasteiger partial charge is 0.329 e. The molecule has 2 heteroatoms. The molecule has 2 N–H and O–H groups in total. The molecule has 0 radical (unpaired) electrons. The first-order valence-electron chi connectivity index (χ1n) is 5.99. The SMILES string of the molecule is NCCN1C[C@@H]2[C@H](C1)[C@H]1C=C[C@H]2CC1. The quantitative estimate of drug-likeness (QED) is 0.664. The number of nitrogens with two attached hydrogens (primary N) is 1. The Labute approximate surface area is 86.1 Å². The van der Waals surface area contributed by atoms with Gasteiger partial charge in [-0.2, -0.15) is 0 Å². The number of nitrogens with zero attached hydrogens (tertiary/aromatic N) is 1. The van der Waals surface area contributed by atoms with Crippen molar-refractivity contribution in [2.75, 3.05) is 26.2 Å². The molecule has 0 aromatic carbocycles. The fourth-order valence-corrected chi connectivity index (χ4v) is 3.79. The van der Waals surface area contributed by atoms with Crippen LogP contribution in [0, 0.1) is 23.7 Å². The Bertz CT molecular complexity index is 227. The summed E-state index contributed by atoms with van der Waals surface area (Å²) in [6.07, 6.45) is 7.86. The Balaban J connectivity index is 1.75. The van der Waals surface area contributed by atoms with Crippen molar-refractivity contribution in [2.45, 2.75) is 12.8 Å². The summed E-state index contributed by atoms with van der Waals surface area (Å²) in [4.78, 5) is 2.58. The van der Waals surface area contributed by atoms with Crippen LogP contribution in [0.25, 0.3) is 0 Å². The van der Waals surface area contributed by atoms with E-state index in [4.69, 9.17) is 5.73 Å². The van der Waals surface area contributed by atoms with Crippen LogP contribution in [-0.2, 0) is 0 Å². The van der Waals surface area contributed by atoms with Crippen LogP contribution in [0.15, 0.2) is 12.2 Å². The van der Waals surface area contributed by atoms with Gasteiger partial charge in [-0.3, -0.25) is 0 Å². The van der Waals surface area contributed by atoms with E-state index in [-0.39, 0.29) is 0 Å². The van der Waals surface area contributed by atoms with Gasteiger partial charge in [0, 0.05) is 26.2 Å². The first-order valence-corrected chi connectivity index (χ1v) is 5.99. The Kier molecular flexibility index (Phi) is 2.14. The predicted molar refractivity (Wildman–Crippen MR) is 57.8 cm³/mol. The highest BCUT2D eigenvalue weighted by Gasteiger charge is 2.45. The number of fused-ring (bicyclic) bond motifs is 1. The third-order valence-electron chi connectivity index (χ3n) is 4.47. The monoisotopic (exact) mass is 192 g/mol. The summed E-state index contributed by atoms with van der Waals surface area (Å²) >= 11 is 0. The molecule has 1 saturated carbocycles. The summed E-state index contributed by atoms with van der Waals surface area (Å²) in [5.74, 6) is 3.72. The van der Waals surface area contributed by atoms with Crippen molar-refractivity contribution in [3.8, 4) is 0 Å². The molecule has 1 saturated heterocycles.